The lowest BCUT2D eigenvalue weighted by Crippen LogP contribution is -2.13. The molecule has 1 aromatic rings. The summed E-state index contributed by atoms with van der Waals surface area (Å²) in [5.74, 6) is -1.42. The van der Waals surface area contributed by atoms with E-state index in [1.54, 1.807) is 6.92 Å². The molecule has 7 nitrogen and oxygen atoms in total. The van der Waals surface area contributed by atoms with Gasteiger partial charge in [-0.3, -0.25) is 4.57 Å². The number of nitrogens with two attached hydrogens (primary N) is 1. The average Bonchev–Trinajstić information content (AvgIpc) is 2.21. The maximum Gasteiger partial charge on any atom is 0.360 e. The molecule has 0 spiro atoms. The van der Waals surface area contributed by atoms with Gasteiger partial charge in [0.2, 0.25) is 11.8 Å². The molecule has 1 heterocycles. The van der Waals surface area contributed by atoms with Gasteiger partial charge >= 0.3 is 7.60 Å². The molecule has 1 aromatic heterocycles. The predicted octanol–water partition coefficient (Wildman–Crippen LogP) is 1.14. The SMILES string of the molecule is CCCc1c(C)nc(N)nc1C(OC)P(=O)(O)O. The number of rotatable bonds is 5. The fraction of sp³-hybridized carbons (Fsp3) is 0.600. The van der Waals surface area contributed by atoms with Crippen molar-refractivity contribution >= 4 is 13.5 Å². The zero-order valence-electron chi connectivity index (χ0n) is 10.6. The fourth-order valence-corrected chi connectivity index (χ4v) is 2.62. The Morgan fingerprint density at radius 1 is 1.44 bits per heavy atom. The minimum absolute atomic E-state index is 0.0159. The van der Waals surface area contributed by atoms with Crippen molar-refractivity contribution in [3.63, 3.8) is 0 Å². The van der Waals surface area contributed by atoms with Crippen molar-refractivity contribution < 1.29 is 19.1 Å². The zero-order valence-corrected chi connectivity index (χ0v) is 11.5. The highest BCUT2D eigenvalue weighted by Gasteiger charge is 2.34. The minimum atomic E-state index is -4.46. The van der Waals surface area contributed by atoms with E-state index in [9.17, 15) is 14.4 Å². The van der Waals surface area contributed by atoms with Crippen molar-refractivity contribution in [1.29, 1.82) is 0 Å². The van der Waals surface area contributed by atoms with Gasteiger partial charge in [0.25, 0.3) is 0 Å². The Morgan fingerprint density at radius 2 is 2.06 bits per heavy atom. The summed E-state index contributed by atoms with van der Waals surface area (Å²) in [6.45, 7) is 3.69. The molecule has 1 unspecified atom stereocenters. The molecular formula is C10H18N3O4P. The van der Waals surface area contributed by atoms with Crippen LogP contribution >= 0.6 is 7.60 Å². The second-order valence-corrected chi connectivity index (χ2v) is 5.61. The summed E-state index contributed by atoms with van der Waals surface area (Å²) < 4.78 is 16.3. The molecule has 0 radical (unpaired) electrons. The van der Waals surface area contributed by atoms with Crippen molar-refractivity contribution in [2.45, 2.75) is 32.5 Å². The first-order valence-corrected chi connectivity index (χ1v) is 7.20. The highest BCUT2D eigenvalue weighted by Crippen LogP contribution is 2.52. The van der Waals surface area contributed by atoms with Crippen LogP contribution in [0.2, 0.25) is 0 Å². The molecule has 0 bridgehead atoms. The van der Waals surface area contributed by atoms with Crippen LogP contribution in [-0.4, -0.2) is 26.9 Å². The van der Waals surface area contributed by atoms with Gasteiger partial charge < -0.3 is 20.3 Å². The molecule has 0 aliphatic heterocycles. The summed E-state index contributed by atoms with van der Waals surface area (Å²) in [6.07, 6.45) is 1.42. The van der Waals surface area contributed by atoms with Crippen LogP contribution in [0.25, 0.3) is 0 Å². The van der Waals surface area contributed by atoms with Gasteiger partial charge in [-0.05, 0) is 18.9 Å². The second-order valence-electron chi connectivity index (χ2n) is 3.96. The van der Waals surface area contributed by atoms with Gasteiger partial charge in [0.15, 0.2) is 0 Å². The van der Waals surface area contributed by atoms with Gasteiger partial charge in [-0.1, -0.05) is 13.3 Å². The molecule has 0 aromatic carbocycles. The van der Waals surface area contributed by atoms with Gasteiger partial charge in [-0.2, -0.15) is 0 Å². The first-order chi connectivity index (χ1) is 8.31. The van der Waals surface area contributed by atoms with Crippen LogP contribution in [0.5, 0.6) is 0 Å². The van der Waals surface area contributed by atoms with Gasteiger partial charge in [-0.15, -0.1) is 0 Å². The monoisotopic (exact) mass is 275 g/mol. The van der Waals surface area contributed by atoms with E-state index in [2.05, 4.69) is 9.97 Å². The number of nitrogen functional groups attached to an aromatic ring is 1. The maximum absolute atomic E-state index is 11.4. The third kappa shape index (κ3) is 3.26. The van der Waals surface area contributed by atoms with Gasteiger partial charge in [0, 0.05) is 12.8 Å². The lowest BCUT2D eigenvalue weighted by atomic mass is 10.1. The highest BCUT2D eigenvalue weighted by atomic mass is 31.2. The third-order valence-corrected chi connectivity index (χ3v) is 3.59. The Kier molecular flexibility index (Phi) is 4.81. The van der Waals surface area contributed by atoms with E-state index in [1.165, 1.54) is 7.11 Å². The molecule has 102 valence electrons. The Morgan fingerprint density at radius 3 is 2.50 bits per heavy atom. The molecular weight excluding hydrogens is 257 g/mol. The second kappa shape index (κ2) is 5.75. The lowest BCUT2D eigenvalue weighted by molar-refractivity contribution is 0.133. The predicted molar refractivity (Wildman–Crippen MR) is 67.0 cm³/mol. The molecule has 0 aliphatic carbocycles. The van der Waals surface area contributed by atoms with E-state index in [4.69, 9.17) is 10.5 Å². The highest BCUT2D eigenvalue weighted by molar-refractivity contribution is 7.51. The summed E-state index contributed by atoms with van der Waals surface area (Å²) in [5.41, 5.74) is 7.01. The largest absolute Gasteiger partial charge is 0.368 e. The lowest BCUT2D eigenvalue weighted by Gasteiger charge is -2.20. The van der Waals surface area contributed by atoms with Crippen LogP contribution in [0.3, 0.4) is 0 Å². The first-order valence-electron chi connectivity index (χ1n) is 5.52. The Bertz CT molecular complexity index is 474. The molecule has 0 saturated heterocycles. The molecule has 18 heavy (non-hydrogen) atoms. The van der Waals surface area contributed by atoms with Crippen molar-refractivity contribution in [1.82, 2.24) is 9.97 Å². The fourth-order valence-electron chi connectivity index (χ4n) is 1.81. The number of aromatic nitrogens is 2. The maximum atomic E-state index is 11.4. The Hall–Kier alpha value is -1.01. The standard InChI is InChI=1S/C10H18N3O4P/c1-4-5-7-6(2)12-10(11)13-8(7)9(17-3)18(14,15)16/h9H,4-5H2,1-3H3,(H2,11,12,13)(H2,14,15,16). The summed E-state index contributed by atoms with van der Waals surface area (Å²) in [5, 5.41) is 0. The van der Waals surface area contributed by atoms with E-state index in [-0.39, 0.29) is 11.6 Å². The molecule has 8 heteroatoms. The molecule has 0 amide bonds. The summed E-state index contributed by atoms with van der Waals surface area (Å²) >= 11 is 0. The minimum Gasteiger partial charge on any atom is -0.368 e. The van der Waals surface area contributed by atoms with Crippen molar-refractivity contribution in [2.75, 3.05) is 12.8 Å². The van der Waals surface area contributed by atoms with Crippen LogP contribution in [0, 0.1) is 6.92 Å². The number of aryl methyl sites for hydroxylation is 1. The number of nitrogens with zero attached hydrogens (tertiary/aromatic N) is 2. The number of methoxy groups -OCH3 is 1. The molecule has 0 aliphatic rings. The topological polar surface area (TPSA) is 119 Å². The average molecular weight is 275 g/mol. The van der Waals surface area contributed by atoms with Crippen LogP contribution in [-0.2, 0) is 15.7 Å². The van der Waals surface area contributed by atoms with Crippen LogP contribution < -0.4 is 5.73 Å². The van der Waals surface area contributed by atoms with Gasteiger partial charge in [0.05, 0.1) is 5.69 Å². The third-order valence-electron chi connectivity index (χ3n) is 2.53. The van der Waals surface area contributed by atoms with Crippen molar-refractivity contribution in [3.05, 3.63) is 17.0 Å². The Labute approximate surface area is 106 Å². The van der Waals surface area contributed by atoms with Crippen molar-refractivity contribution in [2.24, 2.45) is 0 Å². The van der Waals surface area contributed by atoms with E-state index in [1.807, 2.05) is 6.92 Å². The molecule has 1 atom stereocenters. The quantitative estimate of drug-likeness (QED) is 0.689. The number of hydrogen-bond acceptors (Lipinski definition) is 5. The van der Waals surface area contributed by atoms with E-state index in [0.29, 0.717) is 17.7 Å². The normalized spacial score (nSPS) is 13.6. The molecule has 1 rings (SSSR count). The van der Waals surface area contributed by atoms with E-state index < -0.39 is 13.4 Å². The Balaban J connectivity index is 3.40. The van der Waals surface area contributed by atoms with E-state index in [0.717, 1.165) is 6.42 Å². The molecule has 0 saturated carbocycles. The zero-order chi connectivity index (χ0) is 13.9. The molecule has 0 fully saturated rings. The summed E-state index contributed by atoms with van der Waals surface area (Å²) in [4.78, 5) is 26.5. The van der Waals surface area contributed by atoms with Gasteiger partial charge in [0.1, 0.15) is 0 Å². The summed E-state index contributed by atoms with van der Waals surface area (Å²) in [7, 11) is -3.23. The smallest absolute Gasteiger partial charge is 0.360 e. The van der Waals surface area contributed by atoms with Gasteiger partial charge in [-0.25, -0.2) is 9.97 Å². The van der Waals surface area contributed by atoms with Crippen molar-refractivity contribution in [3.8, 4) is 0 Å². The van der Waals surface area contributed by atoms with Crippen LogP contribution in [0.4, 0.5) is 5.95 Å². The van der Waals surface area contributed by atoms with Crippen LogP contribution in [0.15, 0.2) is 0 Å². The number of ether oxygens (including phenoxy) is 1. The number of hydrogen-bond donors (Lipinski definition) is 3. The van der Waals surface area contributed by atoms with E-state index >= 15 is 0 Å². The molecule has 4 N–H and O–H groups in total. The first kappa shape index (κ1) is 15.0. The number of anilines is 1. The van der Waals surface area contributed by atoms with Crippen LogP contribution in [0.1, 0.15) is 36.1 Å². The summed E-state index contributed by atoms with van der Waals surface area (Å²) in [6, 6.07) is 0.